The lowest BCUT2D eigenvalue weighted by atomic mass is 9.84. The average molecular weight is 295 g/mol. The van der Waals surface area contributed by atoms with Crippen molar-refractivity contribution in [1.82, 2.24) is 5.32 Å². The van der Waals surface area contributed by atoms with Gasteiger partial charge in [0, 0.05) is 16.8 Å². The van der Waals surface area contributed by atoms with E-state index >= 15 is 0 Å². The summed E-state index contributed by atoms with van der Waals surface area (Å²) in [6, 6.07) is 7.58. The molecule has 1 aliphatic carbocycles. The molecule has 0 aromatic heterocycles. The normalized spacial score (nSPS) is 17.7. The minimum Gasteiger partial charge on any atom is -0.325 e. The third-order valence-electron chi connectivity index (χ3n) is 4.07. The summed E-state index contributed by atoms with van der Waals surface area (Å²) < 4.78 is 0. The molecule has 1 fully saturated rings. The van der Waals surface area contributed by atoms with Gasteiger partial charge in [-0.1, -0.05) is 30.9 Å². The summed E-state index contributed by atoms with van der Waals surface area (Å²) in [6.45, 7) is 2.55. The Balaban J connectivity index is 1.72. The quantitative estimate of drug-likeness (QED) is 0.866. The largest absolute Gasteiger partial charge is 0.325 e. The lowest BCUT2D eigenvalue weighted by Gasteiger charge is -2.28. The highest BCUT2D eigenvalue weighted by Crippen LogP contribution is 2.26. The number of benzene rings is 1. The summed E-state index contributed by atoms with van der Waals surface area (Å²) in [5, 5.41) is 6.89. The molecule has 0 spiro atoms. The zero-order valence-corrected chi connectivity index (χ0v) is 12.7. The standard InChI is InChI=1S/C16H23ClN2O/c1-12(13-5-3-2-4-6-13)18-11-16(20)19-15-9-7-14(17)8-10-15/h7-10,12-13,18H,2-6,11H2,1H3,(H,19,20)/t12-/m1/s1. The number of hydrogen-bond acceptors (Lipinski definition) is 2. The molecule has 0 aliphatic heterocycles. The molecule has 1 aromatic rings. The van der Waals surface area contributed by atoms with Crippen molar-refractivity contribution in [3.8, 4) is 0 Å². The van der Waals surface area contributed by atoms with Crippen LogP contribution in [0.4, 0.5) is 5.69 Å². The molecule has 3 nitrogen and oxygen atoms in total. The Kier molecular flexibility index (Phi) is 5.86. The zero-order chi connectivity index (χ0) is 14.4. The van der Waals surface area contributed by atoms with Gasteiger partial charge in [-0.25, -0.2) is 0 Å². The molecule has 0 saturated heterocycles. The summed E-state index contributed by atoms with van der Waals surface area (Å²) in [4.78, 5) is 11.9. The van der Waals surface area contributed by atoms with Crippen molar-refractivity contribution in [2.24, 2.45) is 5.92 Å². The molecule has 0 bridgehead atoms. The van der Waals surface area contributed by atoms with E-state index in [1.54, 1.807) is 12.1 Å². The van der Waals surface area contributed by atoms with E-state index in [1.165, 1.54) is 32.1 Å². The van der Waals surface area contributed by atoms with Gasteiger partial charge in [0.2, 0.25) is 5.91 Å². The van der Waals surface area contributed by atoms with Crippen molar-refractivity contribution in [3.63, 3.8) is 0 Å². The first-order valence-corrected chi connectivity index (χ1v) is 7.82. The van der Waals surface area contributed by atoms with Gasteiger partial charge in [0.1, 0.15) is 0 Å². The molecule has 20 heavy (non-hydrogen) atoms. The van der Waals surface area contributed by atoms with Crippen LogP contribution in [0.2, 0.25) is 5.02 Å². The van der Waals surface area contributed by atoms with Gasteiger partial charge in [0.05, 0.1) is 6.54 Å². The molecular formula is C16H23ClN2O. The summed E-state index contributed by atoms with van der Waals surface area (Å²) in [5.41, 5.74) is 0.784. The van der Waals surface area contributed by atoms with Crippen LogP contribution in [0, 0.1) is 5.92 Å². The molecular weight excluding hydrogens is 272 g/mol. The maximum absolute atomic E-state index is 11.9. The second kappa shape index (κ2) is 7.65. The minimum atomic E-state index is -0.00465. The fourth-order valence-corrected chi connectivity index (χ4v) is 2.92. The van der Waals surface area contributed by atoms with E-state index in [1.807, 2.05) is 12.1 Å². The van der Waals surface area contributed by atoms with Crippen LogP contribution >= 0.6 is 11.6 Å². The lowest BCUT2D eigenvalue weighted by Crippen LogP contribution is -2.39. The van der Waals surface area contributed by atoms with Crippen LogP contribution in [-0.4, -0.2) is 18.5 Å². The van der Waals surface area contributed by atoms with Crippen LogP contribution < -0.4 is 10.6 Å². The molecule has 1 aromatic carbocycles. The third-order valence-corrected chi connectivity index (χ3v) is 4.32. The number of hydrogen-bond donors (Lipinski definition) is 2. The fraction of sp³-hybridized carbons (Fsp3) is 0.562. The summed E-state index contributed by atoms with van der Waals surface area (Å²) in [5.74, 6) is 0.710. The number of rotatable bonds is 5. The first kappa shape index (κ1) is 15.3. The van der Waals surface area contributed by atoms with E-state index in [0.29, 0.717) is 23.5 Å². The Bertz CT molecular complexity index is 427. The van der Waals surface area contributed by atoms with Crippen molar-refractivity contribution < 1.29 is 4.79 Å². The van der Waals surface area contributed by atoms with Crippen LogP contribution in [0.1, 0.15) is 39.0 Å². The van der Waals surface area contributed by atoms with Crippen molar-refractivity contribution >= 4 is 23.2 Å². The number of anilines is 1. The molecule has 2 rings (SSSR count). The Labute approximate surface area is 126 Å². The second-order valence-electron chi connectivity index (χ2n) is 5.62. The number of carbonyl (C=O) groups is 1. The Morgan fingerprint density at radius 3 is 2.55 bits per heavy atom. The maximum atomic E-state index is 11.9. The monoisotopic (exact) mass is 294 g/mol. The van der Waals surface area contributed by atoms with Crippen molar-refractivity contribution in [2.45, 2.75) is 45.1 Å². The van der Waals surface area contributed by atoms with E-state index in [9.17, 15) is 4.79 Å². The van der Waals surface area contributed by atoms with Crippen LogP contribution in [-0.2, 0) is 4.79 Å². The number of nitrogens with one attached hydrogen (secondary N) is 2. The van der Waals surface area contributed by atoms with Crippen molar-refractivity contribution in [2.75, 3.05) is 11.9 Å². The molecule has 0 heterocycles. The van der Waals surface area contributed by atoms with E-state index in [2.05, 4.69) is 17.6 Å². The van der Waals surface area contributed by atoms with Gasteiger partial charge in [0.25, 0.3) is 0 Å². The second-order valence-corrected chi connectivity index (χ2v) is 6.06. The predicted octanol–water partition coefficient (Wildman–Crippen LogP) is 3.84. The van der Waals surface area contributed by atoms with E-state index in [4.69, 9.17) is 11.6 Å². The highest BCUT2D eigenvalue weighted by atomic mass is 35.5. The molecule has 1 aliphatic rings. The Morgan fingerprint density at radius 1 is 1.25 bits per heavy atom. The van der Waals surface area contributed by atoms with Gasteiger partial charge in [0.15, 0.2) is 0 Å². The molecule has 1 atom stereocenters. The van der Waals surface area contributed by atoms with Gasteiger partial charge in [-0.3, -0.25) is 4.79 Å². The third kappa shape index (κ3) is 4.80. The van der Waals surface area contributed by atoms with Gasteiger partial charge in [-0.05, 0) is 49.9 Å². The van der Waals surface area contributed by atoms with Crippen molar-refractivity contribution in [3.05, 3.63) is 29.3 Å². The molecule has 0 unspecified atom stereocenters. The molecule has 4 heteroatoms. The lowest BCUT2D eigenvalue weighted by molar-refractivity contribution is -0.115. The SMILES string of the molecule is C[C@@H](NCC(=O)Nc1ccc(Cl)cc1)C1CCCCC1. The summed E-state index contributed by atoms with van der Waals surface area (Å²) in [7, 11) is 0. The first-order chi connectivity index (χ1) is 9.65. The Hall–Kier alpha value is -1.06. The highest BCUT2D eigenvalue weighted by Gasteiger charge is 2.20. The van der Waals surface area contributed by atoms with E-state index < -0.39 is 0 Å². The minimum absolute atomic E-state index is 0.00465. The molecule has 110 valence electrons. The van der Waals surface area contributed by atoms with Gasteiger partial charge >= 0.3 is 0 Å². The van der Waals surface area contributed by atoms with Gasteiger partial charge in [-0.15, -0.1) is 0 Å². The zero-order valence-electron chi connectivity index (χ0n) is 12.0. The molecule has 0 radical (unpaired) electrons. The van der Waals surface area contributed by atoms with Crippen LogP contribution in [0.3, 0.4) is 0 Å². The van der Waals surface area contributed by atoms with Gasteiger partial charge in [-0.2, -0.15) is 0 Å². The van der Waals surface area contributed by atoms with Crippen molar-refractivity contribution in [1.29, 1.82) is 0 Å². The fourth-order valence-electron chi connectivity index (χ4n) is 2.79. The number of halogens is 1. The highest BCUT2D eigenvalue weighted by molar-refractivity contribution is 6.30. The molecule has 1 saturated carbocycles. The molecule has 2 N–H and O–H groups in total. The van der Waals surface area contributed by atoms with Crippen LogP contribution in [0.5, 0.6) is 0 Å². The molecule has 1 amide bonds. The first-order valence-electron chi connectivity index (χ1n) is 7.44. The van der Waals surface area contributed by atoms with E-state index in [-0.39, 0.29) is 5.91 Å². The topological polar surface area (TPSA) is 41.1 Å². The summed E-state index contributed by atoms with van der Waals surface area (Å²) >= 11 is 5.81. The van der Waals surface area contributed by atoms with Gasteiger partial charge < -0.3 is 10.6 Å². The average Bonchev–Trinajstić information content (AvgIpc) is 2.48. The predicted molar refractivity (Wildman–Crippen MR) is 84.1 cm³/mol. The van der Waals surface area contributed by atoms with E-state index in [0.717, 1.165) is 5.69 Å². The summed E-state index contributed by atoms with van der Waals surface area (Å²) in [6.07, 6.45) is 6.58. The Morgan fingerprint density at radius 2 is 1.90 bits per heavy atom. The number of carbonyl (C=O) groups excluding carboxylic acids is 1. The number of amides is 1. The van der Waals surface area contributed by atoms with Crippen LogP contribution in [0.15, 0.2) is 24.3 Å². The smallest absolute Gasteiger partial charge is 0.238 e. The van der Waals surface area contributed by atoms with Crippen LogP contribution in [0.25, 0.3) is 0 Å². The maximum Gasteiger partial charge on any atom is 0.238 e.